The minimum atomic E-state index is -0.606. The molecule has 0 unspecified atom stereocenters. The van der Waals surface area contributed by atoms with E-state index in [9.17, 15) is 14.4 Å². The number of carbonyl (C=O) groups is 3. The second-order valence-corrected chi connectivity index (χ2v) is 16.8. The van der Waals surface area contributed by atoms with Gasteiger partial charge in [0.2, 0.25) is 0 Å². The van der Waals surface area contributed by atoms with E-state index in [4.69, 9.17) is 42.5 Å². The lowest BCUT2D eigenvalue weighted by molar-refractivity contribution is 0.0634. The Hall–Kier alpha value is -7.43. The first-order chi connectivity index (χ1) is 31.0. The van der Waals surface area contributed by atoms with Crippen molar-refractivity contribution in [2.75, 3.05) is 11.1 Å². The van der Waals surface area contributed by atoms with Crippen LogP contribution in [0.4, 0.5) is 16.4 Å². The van der Waals surface area contributed by atoms with Gasteiger partial charge in [0.25, 0.3) is 11.8 Å². The van der Waals surface area contributed by atoms with Gasteiger partial charge >= 0.3 is 6.09 Å². The smallest absolute Gasteiger partial charge is 0.413 e. The minimum Gasteiger partial charge on any atom is -0.448 e. The van der Waals surface area contributed by atoms with Crippen LogP contribution in [-0.4, -0.2) is 53.4 Å². The highest BCUT2D eigenvalue weighted by atomic mass is 35.5. The first-order valence-corrected chi connectivity index (χ1v) is 21.0. The molecule has 0 aliphatic heterocycles. The fourth-order valence-electron chi connectivity index (χ4n) is 6.45. The van der Waals surface area contributed by atoms with Gasteiger partial charge in [-0.25, -0.2) is 24.7 Å². The fraction of sp³-hybridized carbons (Fsp3) is 0.245. The lowest BCUT2D eigenvalue weighted by atomic mass is 10.1. The Morgan fingerprint density at radius 3 is 1.60 bits per heavy atom. The van der Waals surface area contributed by atoms with Crippen molar-refractivity contribution in [2.24, 2.45) is 0 Å². The molecule has 6 aromatic heterocycles. The number of benzene rings is 2. The van der Waals surface area contributed by atoms with E-state index in [1.54, 1.807) is 58.3 Å². The van der Waals surface area contributed by atoms with E-state index in [0.717, 1.165) is 49.8 Å². The minimum absolute atomic E-state index is 0. The number of ether oxygens (including phenoxy) is 1. The third-order valence-corrected chi connectivity index (χ3v) is 10.0. The van der Waals surface area contributed by atoms with Crippen LogP contribution in [0.5, 0.6) is 0 Å². The van der Waals surface area contributed by atoms with Gasteiger partial charge in [-0.1, -0.05) is 62.3 Å². The number of carbonyl (C=O) groups excluding carboxylic acids is 3. The lowest BCUT2D eigenvalue weighted by Crippen LogP contribution is -2.27. The highest BCUT2D eigenvalue weighted by molar-refractivity contribution is 6.31. The Balaban J connectivity index is 0.000000249. The molecule has 6 heterocycles. The van der Waals surface area contributed by atoms with Crippen molar-refractivity contribution in [3.8, 4) is 0 Å². The zero-order valence-electron chi connectivity index (χ0n) is 36.0. The van der Waals surface area contributed by atoms with Gasteiger partial charge < -0.3 is 29.9 Å². The molecule has 5 N–H and O–H groups in total. The molecule has 2 aromatic carbocycles. The summed E-state index contributed by atoms with van der Waals surface area (Å²) >= 11 is 12.1. The SMILES string of the molecule is C.C.Cc1nc(N)ccc1CNC(=O)c1coc(Cc2ccc3ncc(Cl)cc3c2)n1.Cc1nc(NC(=O)OC(C)(C)C)ccc1CNC(=O)c1coc(Cc2ccc3ncc(Cl)cc3c2)n1. The predicted octanol–water partition coefficient (Wildman–Crippen LogP) is 10.4. The molecule has 8 rings (SSSR count). The van der Waals surface area contributed by atoms with Crippen molar-refractivity contribution in [3.05, 3.63) is 165 Å². The standard InChI is InChI=1S/C26H26ClN5O4.C21H18ClN5O2.2CH4/c1-15-17(6-8-22(30-15)32-25(34)36-26(2,3)4)12-29-24(33)21-14-35-23(31-21)10-16-5-7-20-18(9-16)11-19(27)13-28-20;1-12-14(3-5-19(23)26-12)9-25-21(28)18-11-29-20(27-18)7-13-2-4-17-15(6-13)8-16(22)10-24-17;;/h5-9,11,13-14H,10,12H2,1-4H3,(H,29,33)(H,30,32,34);2-6,8,10-11H,7,9H2,1H3,(H2,23,26)(H,25,28);2*1H4. The number of rotatable bonds is 11. The number of aryl methyl sites for hydroxylation is 2. The summed E-state index contributed by atoms with van der Waals surface area (Å²) in [7, 11) is 0. The first-order valence-electron chi connectivity index (χ1n) is 20.3. The second kappa shape index (κ2) is 22.2. The van der Waals surface area contributed by atoms with Gasteiger partial charge in [-0.3, -0.25) is 24.9 Å². The number of hydrogen-bond acceptors (Lipinski definition) is 13. The summed E-state index contributed by atoms with van der Waals surface area (Å²) in [5.74, 6) is 1.01. The van der Waals surface area contributed by atoms with Crippen LogP contribution < -0.4 is 21.7 Å². The quantitative estimate of drug-likeness (QED) is 0.0948. The number of nitrogens with zero attached hydrogens (tertiary/aromatic N) is 6. The summed E-state index contributed by atoms with van der Waals surface area (Å²) in [4.78, 5) is 62.6. The van der Waals surface area contributed by atoms with E-state index in [2.05, 4.69) is 45.9 Å². The number of hydrogen-bond donors (Lipinski definition) is 4. The molecule has 0 saturated heterocycles. The number of pyridine rings is 4. The zero-order chi connectivity index (χ0) is 46.3. The first kappa shape index (κ1) is 50.6. The van der Waals surface area contributed by atoms with Crippen molar-refractivity contribution in [2.45, 2.75) is 81.0 Å². The molecule has 0 atom stereocenters. The van der Waals surface area contributed by atoms with Crippen LogP contribution in [0.15, 0.2) is 107 Å². The number of fused-ring (bicyclic) bond motifs is 2. The topological polar surface area (TPSA) is 226 Å². The van der Waals surface area contributed by atoms with Gasteiger partial charge in [0, 0.05) is 60.5 Å². The molecule has 0 bridgehead atoms. The van der Waals surface area contributed by atoms with Crippen molar-refractivity contribution in [1.29, 1.82) is 0 Å². The normalized spacial score (nSPS) is 10.9. The molecule has 0 aliphatic rings. The summed E-state index contributed by atoms with van der Waals surface area (Å²) in [6.07, 6.45) is 6.21. The van der Waals surface area contributed by atoms with Crippen molar-refractivity contribution in [1.82, 2.24) is 40.5 Å². The molecular weight excluding hydrogens is 896 g/mol. The molecule has 0 saturated carbocycles. The zero-order valence-corrected chi connectivity index (χ0v) is 37.5. The Morgan fingerprint density at radius 2 is 1.13 bits per heavy atom. The highest BCUT2D eigenvalue weighted by Gasteiger charge is 2.18. The average Bonchev–Trinajstić information content (AvgIpc) is 3.92. The van der Waals surface area contributed by atoms with Crippen LogP contribution in [-0.2, 0) is 30.7 Å². The Labute approximate surface area is 398 Å². The van der Waals surface area contributed by atoms with E-state index in [1.165, 1.54) is 12.5 Å². The maximum Gasteiger partial charge on any atom is 0.413 e. The highest BCUT2D eigenvalue weighted by Crippen LogP contribution is 2.22. The van der Waals surface area contributed by atoms with Gasteiger partial charge in [-0.15, -0.1) is 0 Å². The molecule has 0 fully saturated rings. The van der Waals surface area contributed by atoms with E-state index >= 15 is 0 Å². The number of anilines is 2. The summed E-state index contributed by atoms with van der Waals surface area (Å²) in [6, 6.07) is 22.3. The average molecular weight is 948 g/mol. The van der Waals surface area contributed by atoms with Crippen LogP contribution in [0.2, 0.25) is 10.0 Å². The number of oxazole rings is 2. The summed E-state index contributed by atoms with van der Waals surface area (Å²) in [5.41, 5.74) is 12.2. The monoisotopic (exact) mass is 946 g/mol. The van der Waals surface area contributed by atoms with E-state index in [-0.39, 0.29) is 44.6 Å². The van der Waals surface area contributed by atoms with Gasteiger partial charge in [0.05, 0.1) is 21.1 Å². The van der Waals surface area contributed by atoms with Crippen LogP contribution in [0.3, 0.4) is 0 Å². The maximum atomic E-state index is 12.6. The molecule has 0 spiro atoms. The summed E-state index contributed by atoms with van der Waals surface area (Å²) in [6.45, 7) is 9.56. The van der Waals surface area contributed by atoms with Gasteiger partial charge in [0.15, 0.2) is 23.2 Å². The van der Waals surface area contributed by atoms with Gasteiger partial charge in [-0.2, -0.15) is 0 Å². The summed E-state index contributed by atoms with van der Waals surface area (Å²) in [5, 5.41) is 11.2. The number of amides is 3. The third-order valence-electron chi connectivity index (χ3n) is 9.62. The molecule has 16 nitrogen and oxygen atoms in total. The Morgan fingerprint density at radius 1 is 0.657 bits per heavy atom. The molecule has 8 aromatic rings. The number of nitrogens with one attached hydrogen (secondary N) is 3. The van der Waals surface area contributed by atoms with Gasteiger partial charge in [0.1, 0.15) is 29.8 Å². The number of nitrogens with two attached hydrogens (primary N) is 1. The second-order valence-electron chi connectivity index (χ2n) is 15.9. The third kappa shape index (κ3) is 14.0. The van der Waals surface area contributed by atoms with Crippen molar-refractivity contribution in [3.63, 3.8) is 0 Å². The number of halogens is 2. The molecule has 0 radical (unpaired) electrons. The lowest BCUT2D eigenvalue weighted by Gasteiger charge is -2.19. The van der Waals surface area contributed by atoms with E-state index in [1.807, 2.05) is 61.5 Å². The molecule has 3 amide bonds. The molecule has 18 heteroatoms. The largest absolute Gasteiger partial charge is 0.448 e. The van der Waals surface area contributed by atoms with Crippen LogP contribution in [0.1, 0.15) is 102 Å². The van der Waals surface area contributed by atoms with Gasteiger partial charge in [-0.05, 0) is 105 Å². The fourth-order valence-corrected chi connectivity index (χ4v) is 6.79. The number of aromatic nitrogens is 6. The maximum absolute atomic E-state index is 12.6. The number of nitrogen functional groups attached to an aromatic ring is 1. The van der Waals surface area contributed by atoms with Crippen LogP contribution >= 0.6 is 23.2 Å². The molecule has 0 aliphatic carbocycles. The van der Waals surface area contributed by atoms with E-state index in [0.29, 0.717) is 58.5 Å². The molecule has 67 heavy (non-hydrogen) atoms. The molecule has 348 valence electrons. The predicted molar refractivity (Wildman–Crippen MR) is 260 cm³/mol. The van der Waals surface area contributed by atoms with Crippen molar-refractivity contribution < 1.29 is 28.0 Å². The Kier molecular flexibility index (Phi) is 16.7. The van der Waals surface area contributed by atoms with Crippen molar-refractivity contribution >= 4 is 74.6 Å². The van der Waals surface area contributed by atoms with E-state index < -0.39 is 11.7 Å². The van der Waals surface area contributed by atoms with Crippen LogP contribution in [0, 0.1) is 13.8 Å². The molecular formula is C49H52Cl2N10O6. The van der Waals surface area contributed by atoms with Crippen LogP contribution in [0.25, 0.3) is 21.8 Å². The Bertz CT molecular complexity index is 3040. The summed E-state index contributed by atoms with van der Waals surface area (Å²) < 4.78 is 16.2.